The molecular formula is C21H28Cl4N4. The molecule has 1 aromatic heterocycles. The number of benzene rings is 2. The summed E-state index contributed by atoms with van der Waals surface area (Å²) in [6.45, 7) is 1.57. The van der Waals surface area contributed by atoms with Gasteiger partial charge in [0.1, 0.15) is 0 Å². The Morgan fingerprint density at radius 1 is 1.03 bits per heavy atom. The van der Waals surface area contributed by atoms with Crippen LogP contribution >= 0.6 is 48.8 Å². The average molecular weight is 478 g/mol. The second kappa shape index (κ2) is 13.1. The first kappa shape index (κ1) is 27.7. The third kappa shape index (κ3) is 7.82. The van der Waals surface area contributed by atoms with E-state index in [1.165, 1.54) is 16.8 Å². The van der Waals surface area contributed by atoms with Gasteiger partial charge in [-0.2, -0.15) is 0 Å². The van der Waals surface area contributed by atoms with Crippen molar-refractivity contribution in [1.29, 1.82) is 0 Å². The lowest BCUT2D eigenvalue weighted by atomic mass is 10.0. The Balaban J connectivity index is 0.00000261. The first-order valence-corrected chi connectivity index (χ1v) is 9.16. The molecule has 0 amide bonds. The van der Waals surface area contributed by atoms with E-state index < -0.39 is 0 Å². The zero-order valence-corrected chi connectivity index (χ0v) is 19.7. The van der Waals surface area contributed by atoms with Crippen LogP contribution in [0.25, 0.3) is 10.9 Å². The highest BCUT2D eigenvalue weighted by molar-refractivity contribution is 6.31. The normalized spacial score (nSPS) is 11.0. The van der Waals surface area contributed by atoms with E-state index in [4.69, 9.17) is 17.3 Å². The zero-order valence-electron chi connectivity index (χ0n) is 16.5. The van der Waals surface area contributed by atoms with E-state index >= 15 is 0 Å². The fourth-order valence-electron chi connectivity index (χ4n) is 3.03. The highest BCUT2D eigenvalue weighted by Crippen LogP contribution is 2.21. The largest absolute Gasteiger partial charge is 0.378 e. The van der Waals surface area contributed by atoms with Gasteiger partial charge in [0.05, 0.1) is 5.52 Å². The van der Waals surface area contributed by atoms with Crippen molar-refractivity contribution in [2.75, 3.05) is 25.5 Å². The van der Waals surface area contributed by atoms with E-state index in [2.05, 4.69) is 39.5 Å². The summed E-state index contributed by atoms with van der Waals surface area (Å²) in [5, 5.41) is 5.27. The average Bonchev–Trinajstić information content (AvgIpc) is 2.62. The van der Waals surface area contributed by atoms with Gasteiger partial charge in [-0.1, -0.05) is 29.8 Å². The van der Waals surface area contributed by atoms with Crippen molar-refractivity contribution in [2.45, 2.75) is 19.0 Å². The van der Waals surface area contributed by atoms with Crippen molar-refractivity contribution in [1.82, 2.24) is 10.3 Å². The molecule has 0 aliphatic rings. The van der Waals surface area contributed by atoms with Gasteiger partial charge in [0.2, 0.25) is 0 Å². The van der Waals surface area contributed by atoms with E-state index in [9.17, 15) is 0 Å². The van der Waals surface area contributed by atoms with Crippen LogP contribution in [0.15, 0.2) is 54.7 Å². The van der Waals surface area contributed by atoms with E-state index in [0.29, 0.717) is 5.02 Å². The topological polar surface area (TPSA) is 54.2 Å². The summed E-state index contributed by atoms with van der Waals surface area (Å²) in [6.07, 6.45) is 2.62. The molecule has 3 rings (SSSR count). The molecule has 1 atom stereocenters. The molecule has 160 valence electrons. The number of rotatable bonds is 7. The van der Waals surface area contributed by atoms with Gasteiger partial charge in [0, 0.05) is 55.5 Å². The lowest BCUT2D eigenvalue weighted by molar-refractivity contribution is 0.574. The second-order valence-electron chi connectivity index (χ2n) is 6.79. The molecule has 1 unspecified atom stereocenters. The van der Waals surface area contributed by atoms with Gasteiger partial charge >= 0.3 is 0 Å². The number of pyridine rings is 1. The van der Waals surface area contributed by atoms with Crippen molar-refractivity contribution in [3.63, 3.8) is 0 Å². The molecule has 0 aliphatic heterocycles. The Labute approximate surface area is 196 Å². The highest BCUT2D eigenvalue weighted by atomic mass is 35.5. The van der Waals surface area contributed by atoms with Crippen molar-refractivity contribution < 1.29 is 0 Å². The molecule has 3 N–H and O–H groups in total. The molecule has 3 aromatic rings. The van der Waals surface area contributed by atoms with Crippen LogP contribution in [0.2, 0.25) is 5.02 Å². The van der Waals surface area contributed by atoms with Gasteiger partial charge in [-0.3, -0.25) is 4.98 Å². The maximum absolute atomic E-state index is 6.34. The van der Waals surface area contributed by atoms with E-state index in [1.54, 1.807) is 0 Å². The van der Waals surface area contributed by atoms with E-state index in [0.717, 1.165) is 30.4 Å². The summed E-state index contributed by atoms with van der Waals surface area (Å²) < 4.78 is 0. The summed E-state index contributed by atoms with van der Waals surface area (Å²) in [4.78, 5) is 6.48. The fourth-order valence-corrected chi connectivity index (χ4v) is 3.19. The number of hydrogen-bond donors (Lipinski definition) is 2. The Kier molecular flexibility index (Phi) is 12.5. The van der Waals surface area contributed by atoms with Crippen LogP contribution < -0.4 is 16.0 Å². The predicted molar refractivity (Wildman–Crippen MR) is 133 cm³/mol. The van der Waals surface area contributed by atoms with Gasteiger partial charge in [-0.15, -0.1) is 37.2 Å². The first-order valence-electron chi connectivity index (χ1n) is 8.78. The molecule has 1 heterocycles. The minimum atomic E-state index is 0. The third-order valence-electron chi connectivity index (χ3n) is 4.47. The number of hydrogen-bond acceptors (Lipinski definition) is 4. The lowest BCUT2D eigenvalue weighted by Crippen LogP contribution is -2.35. The van der Waals surface area contributed by atoms with Crippen LogP contribution in [0, 0.1) is 0 Å². The SMILES string of the molecule is CN(C)c1ccc(CNCC(N)Cc2ccnc3cc(Cl)ccc23)cc1.Cl.Cl.Cl. The number of nitrogens with two attached hydrogens (primary N) is 1. The minimum absolute atomic E-state index is 0. The fraction of sp³-hybridized carbons (Fsp3) is 0.286. The maximum Gasteiger partial charge on any atom is 0.0719 e. The van der Waals surface area contributed by atoms with Crippen molar-refractivity contribution in [2.24, 2.45) is 5.73 Å². The van der Waals surface area contributed by atoms with Crippen molar-refractivity contribution >= 4 is 65.4 Å². The highest BCUT2D eigenvalue weighted by Gasteiger charge is 2.08. The zero-order chi connectivity index (χ0) is 18.5. The molecule has 8 heteroatoms. The monoisotopic (exact) mass is 476 g/mol. The predicted octanol–water partition coefficient (Wildman–Crippen LogP) is 4.88. The van der Waals surface area contributed by atoms with E-state index in [-0.39, 0.29) is 43.3 Å². The Morgan fingerprint density at radius 3 is 2.38 bits per heavy atom. The third-order valence-corrected chi connectivity index (χ3v) is 4.70. The van der Waals surface area contributed by atoms with Crippen LogP contribution in [0.5, 0.6) is 0 Å². The molecular weight excluding hydrogens is 450 g/mol. The summed E-state index contributed by atoms with van der Waals surface area (Å²) in [6, 6.07) is 16.4. The number of nitrogens with zero attached hydrogens (tertiary/aromatic N) is 2. The van der Waals surface area contributed by atoms with Crippen LogP contribution in [-0.2, 0) is 13.0 Å². The number of fused-ring (bicyclic) bond motifs is 1. The standard InChI is InChI=1S/C21H25ClN4.3ClH/c1-26(2)19-6-3-15(4-7-19)13-24-14-18(23)11-16-9-10-25-21-12-17(22)5-8-20(16)21;;;/h3-10,12,18,24H,11,13-14,23H2,1-2H3;3*1H. The van der Waals surface area contributed by atoms with Crippen LogP contribution in [0.1, 0.15) is 11.1 Å². The molecule has 4 nitrogen and oxygen atoms in total. The minimum Gasteiger partial charge on any atom is -0.378 e. The number of halogens is 4. The van der Waals surface area contributed by atoms with Gasteiger partial charge in [0.25, 0.3) is 0 Å². The number of anilines is 1. The quantitative estimate of drug-likeness (QED) is 0.509. The number of nitrogens with one attached hydrogen (secondary N) is 1. The van der Waals surface area contributed by atoms with Gasteiger partial charge in [0.15, 0.2) is 0 Å². The Hall–Kier alpha value is -1.27. The summed E-state index contributed by atoms with van der Waals surface area (Å²) >= 11 is 6.05. The molecule has 0 bridgehead atoms. The van der Waals surface area contributed by atoms with Crippen LogP contribution in [0.3, 0.4) is 0 Å². The molecule has 0 fully saturated rings. The van der Waals surface area contributed by atoms with Crippen molar-refractivity contribution in [3.8, 4) is 0 Å². The number of aromatic nitrogens is 1. The van der Waals surface area contributed by atoms with Gasteiger partial charge in [-0.25, -0.2) is 0 Å². The lowest BCUT2D eigenvalue weighted by Gasteiger charge is -2.15. The maximum atomic E-state index is 6.34. The second-order valence-corrected chi connectivity index (χ2v) is 7.22. The molecule has 0 radical (unpaired) electrons. The molecule has 0 saturated carbocycles. The Morgan fingerprint density at radius 2 is 1.72 bits per heavy atom. The van der Waals surface area contributed by atoms with Gasteiger partial charge in [-0.05, 0) is 47.9 Å². The first-order chi connectivity index (χ1) is 12.5. The Bertz CT molecular complexity index is 872. The molecule has 0 spiro atoms. The summed E-state index contributed by atoms with van der Waals surface area (Å²) in [7, 11) is 4.09. The molecule has 2 aromatic carbocycles. The van der Waals surface area contributed by atoms with Gasteiger partial charge < -0.3 is 16.0 Å². The summed E-state index contributed by atoms with van der Waals surface area (Å²) in [5.41, 5.74) is 10.9. The smallest absolute Gasteiger partial charge is 0.0719 e. The van der Waals surface area contributed by atoms with E-state index in [1.807, 2.05) is 44.6 Å². The molecule has 29 heavy (non-hydrogen) atoms. The van der Waals surface area contributed by atoms with Crippen molar-refractivity contribution in [3.05, 3.63) is 70.9 Å². The molecule has 0 saturated heterocycles. The van der Waals surface area contributed by atoms with Crippen LogP contribution in [-0.4, -0.2) is 31.7 Å². The molecule has 0 aliphatic carbocycles. The summed E-state index contributed by atoms with van der Waals surface area (Å²) in [5.74, 6) is 0. The van der Waals surface area contributed by atoms with Crippen LogP contribution in [0.4, 0.5) is 5.69 Å².